The molecule has 1 atom stereocenters. The Bertz CT molecular complexity index is 299. The van der Waals surface area contributed by atoms with E-state index in [4.69, 9.17) is 0 Å². The number of nitrogens with zero attached hydrogens (tertiary/aromatic N) is 2. The van der Waals surface area contributed by atoms with Gasteiger partial charge in [-0.1, -0.05) is 4.49 Å². The van der Waals surface area contributed by atoms with Crippen LogP contribution in [-0.4, -0.2) is 27.6 Å². The van der Waals surface area contributed by atoms with Gasteiger partial charge in [0, 0.05) is 18.0 Å². The van der Waals surface area contributed by atoms with Crippen LogP contribution in [0.1, 0.15) is 26.5 Å². The predicted molar refractivity (Wildman–Crippen MR) is 59.5 cm³/mol. The predicted octanol–water partition coefficient (Wildman–Crippen LogP) is 0.541. The first-order chi connectivity index (χ1) is 7.09. The fourth-order valence-electron chi connectivity index (χ4n) is 1.02. The van der Waals surface area contributed by atoms with Crippen molar-refractivity contribution in [3.05, 3.63) is 11.1 Å². The van der Waals surface area contributed by atoms with E-state index in [-0.39, 0.29) is 18.0 Å². The number of nitrogens with one attached hydrogen (secondary N) is 2. The van der Waals surface area contributed by atoms with Gasteiger partial charge in [0.1, 0.15) is 0 Å². The normalized spacial score (nSPS) is 12.8. The van der Waals surface area contributed by atoms with E-state index in [0.717, 1.165) is 5.69 Å². The summed E-state index contributed by atoms with van der Waals surface area (Å²) in [5.41, 5.74) is 0.865. The first-order valence-corrected chi connectivity index (χ1v) is 5.73. The Balaban J connectivity index is 2.29. The molecule has 2 N–H and O–H groups in total. The Hall–Kier alpha value is -1.01. The van der Waals surface area contributed by atoms with Crippen LogP contribution >= 0.6 is 11.5 Å². The van der Waals surface area contributed by atoms with Crippen molar-refractivity contribution in [2.75, 3.05) is 0 Å². The van der Waals surface area contributed by atoms with Crippen LogP contribution in [-0.2, 0) is 11.3 Å². The SMILES string of the molecule is CC(C)NC(=O)C(C)NCc1csnn1. The lowest BCUT2D eigenvalue weighted by atomic mass is 10.2. The Labute approximate surface area is 93.4 Å². The molecule has 0 saturated carbocycles. The molecule has 1 rings (SSSR count). The zero-order valence-electron chi connectivity index (χ0n) is 9.15. The van der Waals surface area contributed by atoms with Gasteiger partial charge >= 0.3 is 0 Å². The monoisotopic (exact) mass is 228 g/mol. The number of hydrogen-bond acceptors (Lipinski definition) is 5. The zero-order valence-corrected chi connectivity index (χ0v) is 9.97. The molecule has 0 spiro atoms. The fraction of sp³-hybridized carbons (Fsp3) is 0.667. The van der Waals surface area contributed by atoms with Crippen molar-refractivity contribution in [1.29, 1.82) is 0 Å². The molecule has 0 bridgehead atoms. The lowest BCUT2D eigenvalue weighted by molar-refractivity contribution is -0.123. The molecule has 0 saturated heterocycles. The van der Waals surface area contributed by atoms with E-state index in [9.17, 15) is 4.79 Å². The first-order valence-electron chi connectivity index (χ1n) is 4.89. The third kappa shape index (κ3) is 4.35. The van der Waals surface area contributed by atoms with Crippen molar-refractivity contribution in [3.63, 3.8) is 0 Å². The van der Waals surface area contributed by atoms with Gasteiger partial charge in [-0.3, -0.25) is 4.79 Å². The molecule has 1 aromatic heterocycles. The molecule has 1 unspecified atom stereocenters. The highest BCUT2D eigenvalue weighted by Crippen LogP contribution is 1.96. The second-order valence-electron chi connectivity index (χ2n) is 3.66. The molecule has 1 amide bonds. The van der Waals surface area contributed by atoms with E-state index >= 15 is 0 Å². The van der Waals surface area contributed by atoms with Crippen LogP contribution in [0.5, 0.6) is 0 Å². The second kappa shape index (κ2) is 5.77. The van der Waals surface area contributed by atoms with Crippen molar-refractivity contribution in [3.8, 4) is 0 Å². The van der Waals surface area contributed by atoms with Crippen LogP contribution in [0.2, 0.25) is 0 Å². The number of aromatic nitrogens is 2. The molecule has 0 radical (unpaired) electrons. The third-order valence-electron chi connectivity index (χ3n) is 1.82. The molecule has 1 aromatic rings. The Morgan fingerprint density at radius 2 is 2.27 bits per heavy atom. The third-order valence-corrected chi connectivity index (χ3v) is 2.37. The minimum atomic E-state index is -0.214. The Morgan fingerprint density at radius 3 is 2.80 bits per heavy atom. The number of carbonyl (C=O) groups excluding carboxylic acids is 1. The van der Waals surface area contributed by atoms with Gasteiger partial charge in [-0.25, -0.2) is 0 Å². The quantitative estimate of drug-likeness (QED) is 0.772. The van der Waals surface area contributed by atoms with Gasteiger partial charge in [-0.05, 0) is 32.3 Å². The molecule has 6 heteroatoms. The minimum Gasteiger partial charge on any atom is -0.353 e. The van der Waals surface area contributed by atoms with Gasteiger partial charge in [0.25, 0.3) is 0 Å². The molecule has 0 aliphatic carbocycles. The highest BCUT2D eigenvalue weighted by molar-refractivity contribution is 7.03. The summed E-state index contributed by atoms with van der Waals surface area (Å²) in [4.78, 5) is 11.5. The summed E-state index contributed by atoms with van der Waals surface area (Å²) in [5, 5.41) is 11.7. The molecule has 1 heterocycles. The summed E-state index contributed by atoms with van der Waals surface area (Å²) in [7, 11) is 0. The molecule has 0 aliphatic heterocycles. The molecule has 15 heavy (non-hydrogen) atoms. The van der Waals surface area contributed by atoms with Gasteiger partial charge in [-0.15, -0.1) is 5.10 Å². The molecular weight excluding hydrogens is 212 g/mol. The first kappa shape index (κ1) is 12.1. The summed E-state index contributed by atoms with van der Waals surface area (Å²) >= 11 is 1.31. The van der Waals surface area contributed by atoms with Gasteiger partial charge in [0.2, 0.25) is 5.91 Å². The van der Waals surface area contributed by atoms with Gasteiger partial charge < -0.3 is 10.6 Å². The van der Waals surface area contributed by atoms with Crippen LogP contribution < -0.4 is 10.6 Å². The largest absolute Gasteiger partial charge is 0.353 e. The Morgan fingerprint density at radius 1 is 1.53 bits per heavy atom. The van der Waals surface area contributed by atoms with E-state index in [1.54, 1.807) is 0 Å². The van der Waals surface area contributed by atoms with Crippen LogP contribution in [0, 0.1) is 0 Å². The summed E-state index contributed by atoms with van der Waals surface area (Å²) < 4.78 is 3.74. The highest BCUT2D eigenvalue weighted by atomic mass is 32.1. The lowest BCUT2D eigenvalue weighted by Gasteiger charge is -2.15. The van der Waals surface area contributed by atoms with Crippen LogP contribution in [0.15, 0.2) is 5.38 Å². The van der Waals surface area contributed by atoms with E-state index in [1.807, 2.05) is 26.2 Å². The number of carbonyl (C=O) groups is 1. The topological polar surface area (TPSA) is 66.9 Å². The van der Waals surface area contributed by atoms with Crippen molar-refractivity contribution in [2.45, 2.75) is 39.4 Å². The van der Waals surface area contributed by atoms with Gasteiger partial charge in [0.15, 0.2) is 0 Å². The average molecular weight is 228 g/mol. The maximum Gasteiger partial charge on any atom is 0.237 e. The smallest absolute Gasteiger partial charge is 0.237 e. The van der Waals surface area contributed by atoms with Crippen molar-refractivity contribution >= 4 is 17.4 Å². The standard InChI is InChI=1S/C9H16N4OS/c1-6(2)11-9(14)7(3)10-4-8-5-15-13-12-8/h5-7,10H,4H2,1-3H3,(H,11,14). The van der Waals surface area contributed by atoms with Gasteiger partial charge in [0.05, 0.1) is 11.7 Å². The average Bonchev–Trinajstić information content (AvgIpc) is 2.65. The molecule has 0 aromatic carbocycles. The molecule has 0 aliphatic rings. The maximum absolute atomic E-state index is 11.5. The second-order valence-corrected chi connectivity index (χ2v) is 4.27. The van der Waals surface area contributed by atoms with Crippen molar-refractivity contribution in [2.24, 2.45) is 0 Å². The van der Waals surface area contributed by atoms with Gasteiger partial charge in [-0.2, -0.15) is 0 Å². The maximum atomic E-state index is 11.5. The highest BCUT2D eigenvalue weighted by Gasteiger charge is 2.12. The summed E-state index contributed by atoms with van der Waals surface area (Å²) in [6.07, 6.45) is 0. The zero-order chi connectivity index (χ0) is 11.3. The molecule has 5 nitrogen and oxygen atoms in total. The van der Waals surface area contributed by atoms with Crippen LogP contribution in [0.25, 0.3) is 0 Å². The summed E-state index contributed by atoms with van der Waals surface area (Å²) in [5.74, 6) is 0.00758. The van der Waals surface area contributed by atoms with Crippen molar-refractivity contribution < 1.29 is 4.79 Å². The van der Waals surface area contributed by atoms with Crippen molar-refractivity contribution in [1.82, 2.24) is 20.2 Å². The molecular formula is C9H16N4OS. The minimum absolute atomic E-state index is 0.00758. The number of rotatable bonds is 5. The van der Waals surface area contributed by atoms with E-state index in [1.165, 1.54) is 11.5 Å². The van der Waals surface area contributed by atoms with E-state index < -0.39 is 0 Å². The summed E-state index contributed by atoms with van der Waals surface area (Å²) in [6, 6.07) is -0.0446. The van der Waals surface area contributed by atoms with E-state index in [0.29, 0.717) is 6.54 Å². The summed E-state index contributed by atoms with van der Waals surface area (Å²) in [6.45, 7) is 6.28. The number of amides is 1. The van der Waals surface area contributed by atoms with Crippen LogP contribution in [0.4, 0.5) is 0 Å². The Kier molecular flexibility index (Phi) is 4.64. The molecule has 0 fully saturated rings. The fourth-order valence-corrected chi connectivity index (χ4v) is 1.47. The van der Waals surface area contributed by atoms with Crippen LogP contribution in [0.3, 0.4) is 0 Å². The lowest BCUT2D eigenvalue weighted by Crippen LogP contribution is -2.44. The van der Waals surface area contributed by atoms with E-state index in [2.05, 4.69) is 20.2 Å². The molecule has 84 valence electrons. The number of hydrogen-bond donors (Lipinski definition) is 2.